The molecule has 1 aliphatic rings. The number of nitrogens with one attached hydrogen (secondary N) is 1. The summed E-state index contributed by atoms with van der Waals surface area (Å²) in [5, 5.41) is 3.09. The third-order valence-corrected chi connectivity index (χ3v) is 6.15. The van der Waals surface area contributed by atoms with E-state index in [-0.39, 0.29) is 11.4 Å². The van der Waals surface area contributed by atoms with Gasteiger partial charge in [0.15, 0.2) is 0 Å². The second kappa shape index (κ2) is 8.22. The Morgan fingerprint density at radius 2 is 1.91 bits per heavy atom. The number of rotatable bonds is 7. The molecule has 1 aliphatic carbocycles. The highest BCUT2D eigenvalue weighted by atomic mass is 79.9. The summed E-state index contributed by atoms with van der Waals surface area (Å²) in [4.78, 5) is 12.9. The lowest BCUT2D eigenvalue weighted by Gasteiger charge is -2.28. The fourth-order valence-corrected chi connectivity index (χ4v) is 4.20. The van der Waals surface area contributed by atoms with E-state index in [2.05, 4.69) is 21.2 Å². The van der Waals surface area contributed by atoms with Crippen LogP contribution in [0.25, 0.3) is 0 Å². The van der Waals surface area contributed by atoms with Crippen LogP contribution in [0.3, 0.4) is 0 Å². The van der Waals surface area contributed by atoms with E-state index in [1.807, 2.05) is 24.3 Å². The molecule has 4 nitrogen and oxygen atoms in total. The Morgan fingerprint density at radius 3 is 2.50 bits per heavy atom. The van der Waals surface area contributed by atoms with Crippen LogP contribution in [0.5, 0.6) is 0 Å². The van der Waals surface area contributed by atoms with Gasteiger partial charge < -0.3 is 11.1 Å². The van der Waals surface area contributed by atoms with Gasteiger partial charge in [0.2, 0.25) is 5.91 Å². The highest BCUT2D eigenvalue weighted by molar-refractivity contribution is 9.10. The molecule has 0 saturated heterocycles. The second-order valence-electron chi connectivity index (χ2n) is 5.85. The Bertz CT molecular complexity index is 527. The minimum Gasteiger partial charge on any atom is -0.349 e. The summed E-state index contributed by atoms with van der Waals surface area (Å²) < 4.78 is 13.1. The van der Waals surface area contributed by atoms with Gasteiger partial charge in [-0.15, -0.1) is 0 Å². The van der Waals surface area contributed by atoms with E-state index in [9.17, 15) is 9.00 Å². The van der Waals surface area contributed by atoms with Gasteiger partial charge in [-0.05, 0) is 43.5 Å². The Labute approximate surface area is 142 Å². The predicted octanol–water partition coefficient (Wildman–Crippen LogP) is 2.72. The molecular weight excluding hydrogens is 364 g/mol. The van der Waals surface area contributed by atoms with E-state index in [4.69, 9.17) is 5.73 Å². The molecule has 2 rings (SSSR count). The van der Waals surface area contributed by atoms with Gasteiger partial charge >= 0.3 is 0 Å². The largest absolute Gasteiger partial charge is 0.349 e. The average molecular weight is 387 g/mol. The van der Waals surface area contributed by atoms with E-state index in [1.54, 1.807) is 0 Å². The molecular formula is C16H23BrN2O2S. The average Bonchev–Trinajstić information content (AvgIpc) is 2.97. The molecule has 0 bridgehead atoms. The summed E-state index contributed by atoms with van der Waals surface area (Å²) in [6, 6.07) is 7.46. The molecule has 0 heterocycles. The topological polar surface area (TPSA) is 72.2 Å². The Balaban J connectivity index is 1.74. The molecule has 0 aromatic heterocycles. The SMILES string of the molecule is NCC1(NC(=O)CCCS(=O)c2ccc(Br)cc2)CCCC1. The third kappa shape index (κ3) is 4.89. The van der Waals surface area contributed by atoms with E-state index < -0.39 is 10.8 Å². The maximum absolute atomic E-state index is 12.1. The van der Waals surface area contributed by atoms with E-state index in [0.717, 1.165) is 35.1 Å². The Kier molecular flexibility index (Phi) is 6.59. The molecule has 1 fully saturated rings. The van der Waals surface area contributed by atoms with Crippen molar-refractivity contribution in [2.45, 2.75) is 49.0 Å². The molecule has 3 N–H and O–H groups in total. The molecule has 22 heavy (non-hydrogen) atoms. The number of amides is 1. The van der Waals surface area contributed by atoms with E-state index in [0.29, 0.717) is 25.1 Å². The van der Waals surface area contributed by atoms with Crippen LogP contribution >= 0.6 is 15.9 Å². The predicted molar refractivity (Wildman–Crippen MR) is 93.0 cm³/mol. The second-order valence-corrected chi connectivity index (χ2v) is 8.33. The molecule has 0 aliphatic heterocycles. The zero-order valence-electron chi connectivity index (χ0n) is 12.6. The lowest BCUT2D eigenvalue weighted by Crippen LogP contribution is -2.51. The molecule has 1 saturated carbocycles. The summed E-state index contributed by atoms with van der Waals surface area (Å²) in [5.74, 6) is 0.533. The van der Waals surface area contributed by atoms with Crippen LogP contribution in [-0.2, 0) is 15.6 Å². The Hall–Kier alpha value is -0.720. The van der Waals surface area contributed by atoms with Crippen LogP contribution in [0.15, 0.2) is 33.6 Å². The van der Waals surface area contributed by atoms with Crippen LogP contribution < -0.4 is 11.1 Å². The molecule has 1 atom stereocenters. The summed E-state index contributed by atoms with van der Waals surface area (Å²) in [6.45, 7) is 0.504. The van der Waals surface area contributed by atoms with Crippen LogP contribution in [-0.4, -0.2) is 28.0 Å². The maximum Gasteiger partial charge on any atom is 0.220 e. The van der Waals surface area contributed by atoms with Crippen molar-refractivity contribution in [1.82, 2.24) is 5.32 Å². The first-order valence-corrected chi connectivity index (χ1v) is 9.81. The molecule has 0 radical (unpaired) electrons. The fourth-order valence-electron chi connectivity index (χ4n) is 2.86. The van der Waals surface area contributed by atoms with Gasteiger partial charge in [0.05, 0.1) is 16.3 Å². The first-order chi connectivity index (χ1) is 10.5. The quantitative estimate of drug-likeness (QED) is 0.756. The van der Waals surface area contributed by atoms with Gasteiger partial charge in [-0.2, -0.15) is 0 Å². The van der Waals surface area contributed by atoms with Crippen LogP contribution in [0.4, 0.5) is 0 Å². The monoisotopic (exact) mass is 386 g/mol. The van der Waals surface area contributed by atoms with Crippen molar-refractivity contribution in [2.24, 2.45) is 5.73 Å². The summed E-state index contributed by atoms with van der Waals surface area (Å²) in [5.41, 5.74) is 5.62. The normalized spacial score (nSPS) is 18.1. The minimum atomic E-state index is -1.05. The molecule has 1 aromatic carbocycles. The van der Waals surface area contributed by atoms with Crippen molar-refractivity contribution in [3.63, 3.8) is 0 Å². The minimum absolute atomic E-state index is 0.0279. The molecule has 1 amide bonds. The molecule has 122 valence electrons. The summed E-state index contributed by atoms with van der Waals surface area (Å²) in [6.07, 6.45) is 5.23. The zero-order valence-corrected chi connectivity index (χ0v) is 15.0. The van der Waals surface area contributed by atoms with Gasteiger partial charge in [-0.3, -0.25) is 9.00 Å². The maximum atomic E-state index is 12.1. The first kappa shape index (κ1) is 17.6. The molecule has 6 heteroatoms. The van der Waals surface area contributed by atoms with Crippen LogP contribution in [0.2, 0.25) is 0 Å². The number of carbonyl (C=O) groups excluding carboxylic acids is 1. The summed E-state index contributed by atoms with van der Waals surface area (Å²) >= 11 is 3.36. The van der Waals surface area contributed by atoms with Gasteiger partial charge in [0, 0.05) is 28.1 Å². The lowest BCUT2D eigenvalue weighted by molar-refractivity contribution is -0.122. The smallest absolute Gasteiger partial charge is 0.220 e. The fraction of sp³-hybridized carbons (Fsp3) is 0.562. The van der Waals surface area contributed by atoms with Gasteiger partial charge in [0.1, 0.15) is 0 Å². The first-order valence-electron chi connectivity index (χ1n) is 7.70. The highest BCUT2D eigenvalue weighted by Crippen LogP contribution is 2.28. The number of halogens is 1. The molecule has 0 spiro atoms. The number of hydrogen-bond donors (Lipinski definition) is 2. The molecule has 1 aromatic rings. The zero-order chi connectivity index (χ0) is 16.0. The van der Waals surface area contributed by atoms with Gasteiger partial charge in [-0.25, -0.2) is 0 Å². The van der Waals surface area contributed by atoms with Crippen molar-refractivity contribution in [3.8, 4) is 0 Å². The highest BCUT2D eigenvalue weighted by Gasteiger charge is 2.33. The summed E-state index contributed by atoms with van der Waals surface area (Å²) in [7, 11) is -1.05. The van der Waals surface area contributed by atoms with E-state index in [1.165, 1.54) is 0 Å². The van der Waals surface area contributed by atoms with Crippen molar-refractivity contribution in [2.75, 3.05) is 12.3 Å². The van der Waals surface area contributed by atoms with Crippen molar-refractivity contribution in [3.05, 3.63) is 28.7 Å². The standard InChI is InChI=1S/C16H23BrN2O2S/c17-13-5-7-14(8-6-13)22(21)11-3-4-15(20)19-16(12-18)9-1-2-10-16/h5-8H,1-4,9-12,18H2,(H,19,20). The number of nitrogens with two attached hydrogens (primary N) is 1. The molecule has 1 unspecified atom stereocenters. The number of carbonyl (C=O) groups is 1. The van der Waals surface area contributed by atoms with Gasteiger partial charge in [0.25, 0.3) is 0 Å². The van der Waals surface area contributed by atoms with Crippen molar-refractivity contribution >= 4 is 32.6 Å². The van der Waals surface area contributed by atoms with Gasteiger partial charge in [-0.1, -0.05) is 28.8 Å². The Morgan fingerprint density at radius 1 is 1.27 bits per heavy atom. The number of hydrogen-bond acceptors (Lipinski definition) is 3. The van der Waals surface area contributed by atoms with Crippen molar-refractivity contribution < 1.29 is 9.00 Å². The lowest BCUT2D eigenvalue weighted by atomic mass is 9.97. The van der Waals surface area contributed by atoms with Crippen LogP contribution in [0, 0.1) is 0 Å². The number of benzene rings is 1. The van der Waals surface area contributed by atoms with Crippen molar-refractivity contribution in [1.29, 1.82) is 0 Å². The van der Waals surface area contributed by atoms with E-state index >= 15 is 0 Å². The third-order valence-electron chi connectivity index (χ3n) is 4.17. The van der Waals surface area contributed by atoms with Crippen LogP contribution in [0.1, 0.15) is 38.5 Å².